The first-order chi connectivity index (χ1) is 12.0. The van der Waals surface area contributed by atoms with Crippen molar-refractivity contribution in [3.63, 3.8) is 0 Å². The number of nitrogens with one attached hydrogen (secondary N) is 2. The molecular formula is C22H40N2O2+2. The predicted molar refractivity (Wildman–Crippen MR) is 107 cm³/mol. The molecule has 26 heavy (non-hydrogen) atoms. The number of benzene rings is 1. The van der Waals surface area contributed by atoms with Crippen LogP contribution in [0.15, 0.2) is 24.3 Å². The molecule has 0 aliphatic carbocycles. The Labute approximate surface area is 160 Å². The van der Waals surface area contributed by atoms with Crippen molar-refractivity contribution in [2.24, 2.45) is 5.41 Å². The van der Waals surface area contributed by atoms with E-state index in [1.165, 1.54) is 23.6 Å². The topological polar surface area (TPSA) is 38.3 Å². The van der Waals surface area contributed by atoms with Gasteiger partial charge in [0, 0.05) is 0 Å². The van der Waals surface area contributed by atoms with E-state index in [9.17, 15) is 5.11 Å². The number of piperazine rings is 1. The molecule has 1 aliphatic rings. The van der Waals surface area contributed by atoms with Crippen molar-refractivity contribution < 1.29 is 19.6 Å². The van der Waals surface area contributed by atoms with Gasteiger partial charge in [-0.1, -0.05) is 46.8 Å². The fraction of sp³-hybridized carbons (Fsp3) is 0.727. The summed E-state index contributed by atoms with van der Waals surface area (Å²) in [4.78, 5) is 3.08. The third-order valence-electron chi connectivity index (χ3n) is 5.39. The van der Waals surface area contributed by atoms with Gasteiger partial charge in [0.2, 0.25) is 0 Å². The van der Waals surface area contributed by atoms with Crippen LogP contribution in [0, 0.1) is 5.41 Å². The summed E-state index contributed by atoms with van der Waals surface area (Å²) in [5, 5.41) is 10.3. The molecular weight excluding hydrogens is 324 g/mol. The lowest BCUT2D eigenvalue weighted by molar-refractivity contribution is -1.00. The van der Waals surface area contributed by atoms with Gasteiger partial charge in [-0.25, -0.2) is 0 Å². The maximum Gasteiger partial charge on any atom is 0.137 e. The van der Waals surface area contributed by atoms with Crippen LogP contribution in [0.4, 0.5) is 0 Å². The van der Waals surface area contributed by atoms with E-state index in [0.29, 0.717) is 12.0 Å². The molecule has 1 heterocycles. The molecule has 1 aromatic rings. The molecule has 4 heteroatoms. The molecule has 0 amide bonds. The fourth-order valence-electron chi connectivity index (χ4n) is 4.25. The summed E-state index contributed by atoms with van der Waals surface area (Å²) in [6.45, 7) is 17.3. The van der Waals surface area contributed by atoms with Gasteiger partial charge in [-0.15, -0.1) is 0 Å². The van der Waals surface area contributed by atoms with Gasteiger partial charge < -0.3 is 19.6 Å². The Bertz CT molecular complexity index is 540. The zero-order valence-corrected chi connectivity index (χ0v) is 17.7. The predicted octanol–water partition coefficient (Wildman–Crippen LogP) is 0.553. The van der Waals surface area contributed by atoms with Gasteiger partial charge in [-0.3, -0.25) is 0 Å². The first-order valence-electron chi connectivity index (χ1n) is 10.1. The second-order valence-electron chi connectivity index (χ2n) is 10.0. The van der Waals surface area contributed by atoms with Crippen molar-refractivity contribution in [1.29, 1.82) is 0 Å². The summed E-state index contributed by atoms with van der Waals surface area (Å²) in [6.07, 6.45) is 0.731. The molecule has 0 radical (unpaired) electrons. The number of aliphatic hydroxyl groups is 1. The Morgan fingerprint density at radius 2 is 1.58 bits per heavy atom. The Balaban J connectivity index is 1.81. The quantitative estimate of drug-likeness (QED) is 0.661. The molecule has 1 saturated heterocycles. The Morgan fingerprint density at radius 3 is 2.12 bits per heavy atom. The van der Waals surface area contributed by atoms with Crippen LogP contribution >= 0.6 is 0 Å². The Kier molecular flexibility index (Phi) is 7.12. The molecule has 1 fully saturated rings. The molecule has 148 valence electrons. The van der Waals surface area contributed by atoms with Gasteiger partial charge in [-0.05, 0) is 34.9 Å². The van der Waals surface area contributed by atoms with Gasteiger partial charge in [0.1, 0.15) is 51.2 Å². The second-order valence-corrected chi connectivity index (χ2v) is 10.0. The molecule has 0 unspecified atom stereocenters. The monoisotopic (exact) mass is 364 g/mol. The maximum absolute atomic E-state index is 10.3. The van der Waals surface area contributed by atoms with Crippen LogP contribution < -0.4 is 14.5 Å². The number of quaternary nitrogens is 2. The van der Waals surface area contributed by atoms with Crippen LogP contribution in [0.3, 0.4) is 0 Å². The first-order valence-corrected chi connectivity index (χ1v) is 10.1. The highest BCUT2D eigenvalue weighted by Crippen LogP contribution is 2.36. The molecule has 1 atom stereocenters. The molecule has 4 nitrogen and oxygen atoms in total. The van der Waals surface area contributed by atoms with E-state index in [1.807, 2.05) is 12.1 Å². The molecule has 2 rings (SSSR count). The van der Waals surface area contributed by atoms with Gasteiger partial charge in [0.25, 0.3) is 0 Å². The van der Waals surface area contributed by atoms with Gasteiger partial charge >= 0.3 is 0 Å². The number of likely N-dealkylation sites (N-methyl/N-ethyl adjacent to an activating group) is 1. The number of hydrogen-bond donors (Lipinski definition) is 3. The molecule has 0 bridgehead atoms. The normalized spacial score (nSPS) is 22.9. The number of ether oxygens (including phenoxy) is 1. The van der Waals surface area contributed by atoms with Crippen molar-refractivity contribution in [3.05, 3.63) is 29.8 Å². The number of aliphatic hydroxyl groups excluding tert-OH is 1. The standard InChI is InChI=1S/C22H38N2O2/c1-21(2,3)17-22(4,5)18-7-9-20(10-8-18)26-16-19(25)15-24-13-11-23(6)12-14-24/h7-10,19,25H,11-17H2,1-6H3/p+2/t19-/m1/s1. The van der Waals surface area contributed by atoms with E-state index in [-0.39, 0.29) is 5.41 Å². The zero-order chi connectivity index (χ0) is 19.4. The minimum Gasteiger partial charge on any atom is -0.491 e. The van der Waals surface area contributed by atoms with E-state index in [1.54, 1.807) is 4.90 Å². The minimum atomic E-state index is -0.402. The van der Waals surface area contributed by atoms with E-state index in [4.69, 9.17) is 4.74 Å². The van der Waals surface area contributed by atoms with Gasteiger partial charge in [0.15, 0.2) is 0 Å². The molecule has 0 spiro atoms. The molecule has 0 aromatic heterocycles. The van der Waals surface area contributed by atoms with Crippen LogP contribution in [0.5, 0.6) is 5.75 Å². The van der Waals surface area contributed by atoms with Crippen LogP contribution in [-0.2, 0) is 5.41 Å². The third-order valence-corrected chi connectivity index (χ3v) is 5.39. The lowest BCUT2D eigenvalue weighted by atomic mass is 9.72. The van der Waals surface area contributed by atoms with Crippen LogP contribution in [0.1, 0.15) is 46.6 Å². The second kappa shape index (κ2) is 8.73. The first kappa shape index (κ1) is 21.2. The van der Waals surface area contributed by atoms with Gasteiger partial charge in [-0.2, -0.15) is 0 Å². The van der Waals surface area contributed by atoms with Crippen molar-refractivity contribution in [2.75, 3.05) is 46.4 Å². The van der Waals surface area contributed by atoms with Crippen molar-refractivity contribution in [3.8, 4) is 5.75 Å². The lowest BCUT2D eigenvalue weighted by Gasteiger charge is -2.33. The minimum absolute atomic E-state index is 0.142. The van der Waals surface area contributed by atoms with Crippen molar-refractivity contribution in [2.45, 2.75) is 52.6 Å². The average Bonchev–Trinajstić information content (AvgIpc) is 2.53. The highest BCUT2D eigenvalue weighted by Gasteiger charge is 2.27. The summed E-state index contributed by atoms with van der Waals surface area (Å²) in [5.41, 5.74) is 1.78. The van der Waals surface area contributed by atoms with Crippen LogP contribution in [0.25, 0.3) is 0 Å². The van der Waals surface area contributed by atoms with Gasteiger partial charge in [0.05, 0.1) is 7.05 Å². The lowest BCUT2D eigenvalue weighted by Crippen LogP contribution is -3.27. The molecule has 1 aromatic carbocycles. The third kappa shape index (κ3) is 6.90. The SMILES string of the molecule is C[NH+]1CC[NH+](C[C@@H](O)COc2ccc(C(C)(C)CC(C)(C)C)cc2)CC1. The van der Waals surface area contributed by atoms with E-state index in [2.05, 4.69) is 53.8 Å². The van der Waals surface area contributed by atoms with Crippen LogP contribution in [-0.4, -0.2) is 57.6 Å². The Morgan fingerprint density at radius 1 is 1.00 bits per heavy atom. The largest absolute Gasteiger partial charge is 0.491 e. The van der Waals surface area contributed by atoms with Crippen molar-refractivity contribution >= 4 is 0 Å². The Hall–Kier alpha value is -1.10. The maximum atomic E-state index is 10.3. The molecule has 1 aliphatic heterocycles. The highest BCUT2D eigenvalue weighted by molar-refractivity contribution is 5.31. The van der Waals surface area contributed by atoms with Crippen LogP contribution in [0.2, 0.25) is 0 Å². The summed E-state index contributed by atoms with van der Waals surface area (Å²) >= 11 is 0. The van der Waals surface area contributed by atoms with E-state index >= 15 is 0 Å². The fourth-order valence-corrected chi connectivity index (χ4v) is 4.25. The molecule has 0 saturated carbocycles. The van der Waals surface area contributed by atoms with Crippen molar-refractivity contribution in [1.82, 2.24) is 0 Å². The zero-order valence-electron chi connectivity index (χ0n) is 17.7. The highest BCUT2D eigenvalue weighted by atomic mass is 16.5. The smallest absolute Gasteiger partial charge is 0.137 e. The van der Waals surface area contributed by atoms with E-state index in [0.717, 1.165) is 31.8 Å². The summed E-state index contributed by atoms with van der Waals surface area (Å²) < 4.78 is 5.83. The average molecular weight is 365 g/mol. The summed E-state index contributed by atoms with van der Waals surface area (Å²) in [6, 6.07) is 8.42. The summed E-state index contributed by atoms with van der Waals surface area (Å²) in [7, 11) is 2.24. The number of hydrogen-bond acceptors (Lipinski definition) is 2. The number of rotatable bonds is 7. The molecule has 3 N–H and O–H groups in total. The summed E-state index contributed by atoms with van der Waals surface area (Å²) in [5.74, 6) is 0.845. The van der Waals surface area contributed by atoms with E-state index < -0.39 is 6.10 Å².